The summed E-state index contributed by atoms with van der Waals surface area (Å²) in [4.78, 5) is 52.0. The molecule has 0 aromatic heterocycles. The van der Waals surface area contributed by atoms with Gasteiger partial charge in [0.15, 0.2) is 6.04 Å². The van der Waals surface area contributed by atoms with E-state index in [9.17, 15) is 23.7 Å². The van der Waals surface area contributed by atoms with Crippen LogP contribution in [0.25, 0.3) is 0 Å². The van der Waals surface area contributed by atoms with Gasteiger partial charge in [-0.3, -0.25) is 24.2 Å². The number of hydrogen-bond acceptors (Lipinski definition) is 6. The van der Waals surface area contributed by atoms with E-state index in [0.29, 0.717) is 5.57 Å². The molecule has 0 N–H and O–H groups in total. The Hall–Kier alpha value is -2.65. The summed E-state index contributed by atoms with van der Waals surface area (Å²) < 4.78 is 17.3. The van der Waals surface area contributed by atoms with E-state index in [0.717, 1.165) is 9.80 Å². The van der Waals surface area contributed by atoms with Gasteiger partial charge in [0.25, 0.3) is 17.7 Å². The molecule has 0 bridgehead atoms. The van der Waals surface area contributed by atoms with Crippen molar-refractivity contribution in [3.05, 3.63) is 46.7 Å². The number of hydrogen-bond donors (Lipinski definition) is 0. The summed E-state index contributed by atoms with van der Waals surface area (Å²) in [5.41, 5.74) is 0.936. The van der Waals surface area contributed by atoms with Gasteiger partial charge in [0, 0.05) is 5.57 Å². The number of carbonyl (C=O) groups is 4. The Morgan fingerprint density at radius 1 is 1.15 bits per heavy atom. The summed E-state index contributed by atoms with van der Waals surface area (Å²) in [5.74, 6) is -2.44. The zero-order valence-electron chi connectivity index (χ0n) is 13.9. The summed E-state index contributed by atoms with van der Waals surface area (Å²) in [6.45, 7) is 1.60. The minimum absolute atomic E-state index is 0.0370. The first-order valence-electron chi connectivity index (χ1n) is 7.83. The average molecular weight is 374 g/mol. The van der Waals surface area contributed by atoms with Gasteiger partial charge in [-0.2, -0.15) is 0 Å². The molecular formula is C17H14N2O6S. The lowest BCUT2D eigenvalue weighted by Crippen LogP contribution is -2.75. The maximum Gasteiger partial charge on any atom is 0.355 e. The number of nitrogens with zero attached hydrogens (tertiary/aromatic N) is 2. The SMILES string of the molecule is COC(=O)C1=C(C)C[S+]([O-])[C@H]2C(N3C(=O)c4ccccc4C3=O)C(=O)N12. The first kappa shape index (κ1) is 16.8. The molecule has 1 aromatic rings. The number of carbonyl (C=O) groups excluding carboxylic acids is 4. The molecule has 8 nitrogen and oxygen atoms in total. The molecule has 0 spiro atoms. The Balaban J connectivity index is 1.72. The first-order chi connectivity index (χ1) is 12.4. The molecule has 2 unspecified atom stereocenters. The molecule has 3 amide bonds. The van der Waals surface area contributed by atoms with Crippen LogP contribution in [0, 0.1) is 0 Å². The van der Waals surface area contributed by atoms with Crippen molar-refractivity contribution in [2.45, 2.75) is 18.3 Å². The molecule has 0 radical (unpaired) electrons. The second-order valence-corrected chi connectivity index (χ2v) is 7.75. The Bertz CT molecular complexity index is 875. The number of benzene rings is 1. The van der Waals surface area contributed by atoms with Gasteiger partial charge in [0.05, 0.1) is 18.2 Å². The Morgan fingerprint density at radius 2 is 1.73 bits per heavy atom. The van der Waals surface area contributed by atoms with Crippen molar-refractivity contribution in [3.63, 3.8) is 0 Å². The zero-order chi connectivity index (χ0) is 18.7. The van der Waals surface area contributed by atoms with Crippen molar-refractivity contribution in [2.75, 3.05) is 12.9 Å². The van der Waals surface area contributed by atoms with E-state index in [2.05, 4.69) is 0 Å². The molecule has 3 aliphatic heterocycles. The van der Waals surface area contributed by atoms with E-state index in [1.807, 2.05) is 0 Å². The van der Waals surface area contributed by atoms with E-state index in [-0.39, 0.29) is 22.6 Å². The van der Waals surface area contributed by atoms with E-state index in [1.54, 1.807) is 19.1 Å². The maximum atomic E-state index is 12.8. The molecule has 4 rings (SSSR count). The summed E-state index contributed by atoms with van der Waals surface area (Å²) in [7, 11) is 1.19. The first-order valence-corrected chi connectivity index (χ1v) is 9.22. The lowest BCUT2D eigenvalue weighted by molar-refractivity contribution is -0.153. The second-order valence-electron chi connectivity index (χ2n) is 6.22. The molecular weight excluding hydrogens is 360 g/mol. The fraction of sp³-hybridized carbons (Fsp3) is 0.294. The van der Waals surface area contributed by atoms with Crippen LogP contribution in [0.3, 0.4) is 0 Å². The lowest BCUT2D eigenvalue weighted by atomic mass is 10.0. The molecule has 1 fully saturated rings. The molecule has 0 aliphatic carbocycles. The lowest BCUT2D eigenvalue weighted by Gasteiger charge is -2.50. The number of methoxy groups -OCH3 is 1. The van der Waals surface area contributed by atoms with Gasteiger partial charge in [-0.15, -0.1) is 0 Å². The van der Waals surface area contributed by atoms with Gasteiger partial charge in [0.2, 0.25) is 5.37 Å². The highest BCUT2D eigenvalue weighted by Gasteiger charge is 2.65. The van der Waals surface area contributed by atoms with Crippen LogP contribution in [-0.4, -0.2) is 62.3 Å². The second kappa shape index (κ2) is 5.68. The number of esters is 1. The fourth-order valence-corrected chi connectivity index (χ4v) is 5.29. The normalized spacial score (nSPS) is 27.3. The predicted molar refractivity (Wildman–Crippen MR) is 89.1 cm³/mol. The number of ether oxygens (including phenoxy) is 1. The smallest absolute Gasteiger partial charge is 0.355 e. The van der Waals surface area contributed by atoms with Crippen molar-refractivity contribution in [3.8, 4) is 0 Å². The van der Waals surface area contributed by atoms with E-state index in [1.165, 1.54) is 19.2 Å². The Kier molecular flexibility index (Phi) is 3.67. The van der Waals surface area contributed by atoms with Crippen molar-refractivity contribution in [1.82, 2.24) is 9.80 Å². The number of amides is 3. The van der Waals surface area contributed by atoms with Gasteiger partial charge in [0.1, 0.15) is 11.4 Å². The van der Waals surface area contributed by atoms with Crippen LogP contribution in [0.4, 0.5) is 0 Å². The third-order valence-corrected chi connectivity index (χ3v) is 6.50. The van der Waals surface area contributed by atoms with Gasteiger partial charge in [-0.1, -0.05) is 12.1 Å². The van der Waals surface area contributed by atoms with Crippen LogP contribution in [0.2, 0.25) is 0 Å². The molecule has 3 aliphatic rings. The third kappa shape index (κ3) is 2.01. The summed E-state index contributed by atoms with van der Waals surface area (Å²) >= 11 is -1.55. The Morgan fingerprint density at radius 3 is 2.27 bits per heavy atom. The van der Waals surface area contributed by atoms with E-state index >= 15 is 0 Å². The largest absolute Gasteiger partial charge is 0.614 e. The van der Waals surface area contributed by atoms with Crippen LogP contribution in [0.5, 0.6) is 0 Å². The maximum absolute atomic E-state index is 12.8. The fourth-order valence-electron chi connectivity index (χ4n) is 3.59. The van der Waals surface area contributed by atoms with Crippen molar-refractivity contribution in [2.24, 2.45) is 0 Å². The standard InChI is InChI=1S/C17H14N2O6S/c1-8-7-26(24)16-12(15(22)19(16)11(8)17(23)25-2)18-13(20)9-5-3-4-6-10(9)14(18)21/h3-6,12,16H,7H2,1-2H3/t12?,16-,26?/m0/s1. The molecule has 0 saturated carbocycles. The van der Waals surface area contributed by atoms with Crippen molar-refractivity contribution >= 4 is 34.9 Å². The van der Waals surface area contributed by atoms with Gasteiger partial charge < -0.3 is 9.29 Å². The topological polar surface area (TPSA) is 107 Å². The highest BCUT2D eigenvalue weighted by molar-refractivity contribution is 7.92. The van der Waals surface area contributed by atoms with Crippen molar-refractivity contribution < 1.29 is 28.5 Å². The number of β-lactam (4-membered cyclic amide) rings is 1. The van der Waals surface area contributed by atoms with Crippen molar-refractivity contribution in [1.29, 1.82) is 0 Å². The zero-order valence-corrected chi connectivity index (χ0v) is 14.7. The third-order valence-electron chi connectivity index (χ3n) is 4.77. The molecule has 26 heavy (non-hydrogen) atoms. The monoisotopic (exact) mass is 374 g/mol. The minimum Gasteiger partial charge on any atom is -0.614 e. The summed E-state index contributed by atoms with van der Waals surface area (Å²) in [5, 5.41) is -0.942. The minimum atomic E-state index is -1.55. The average Bonchev–Trinajstić information content (AvgIpc) is 2.87. The molecule has 1 saturated heterocycles. The number of fused-ring (bicyclic) bond motifs is 2. The van der Waals surface area contributed by atoms with Crippen LogP contribution >= 0.6 is 0 Å². The highest BCUT2D eigenvalue weighted by atomic mass is 32.2. The quantitative estimate of drug-likeness (QED) is 0.313. The predicted octanol–water partition coefficient (Wildman–Crippen LogP) is 0.0288. The van der Waals surface area contributed by atoms with E-state index < -0.39 is 46.3 Å². The van der Waals surface area contributed by atoms with Crippen LogP contribution in [-0.2, 0) is 25.5 Å². The molecule has 3 atom stereocenters. The number of imide groups is 1. The van der Waals surface area contributed by atoms with Crippen LogP contribution in [0.15, 0.2) is 35.5 Å². The summed E-state index contributed by atoms with van der Waals surface area (Å²) in [6, 6.07) is 5.10. The Labute approximate surface area is 151 Å². The van der Waals surface area contributed by atoms with Crippen LogP contribution in [0.1, 0.15) is 27.6 Å². The molecule has 3 heterocycles. The van der Waals surface area contributed by atoms with Crippen LogP contribution < -0.4 is 0 Å². The molecule has 134 valence electrons. The van der Waals surface area contributed by atoms with Gasteiger partial charge in [-0.05, 0) is 30.2 Å². The molecule has 9 heteroatoms. The highest BCUT2D eigenvalue weighted by Crippen LogP contribution is 2.41. The summed E-state index contributed by atoms with van der Waals surface area (Å²) in [6.07, 6.45) is 0. The number of rotatable bonds is 2. The molecule has 1 aromatic carbocycles. The van der Waals surface area contributed by atoms with Gasteiger partial charge in [-0.25, -0.2) is 4.79 Å². The van der Waals surface area contributed by atoms with E-state index in [4.69, 9.17) is 4.74 Å². The van der Waals surface area contributed by atoms with Gasteiger partial charge >= 0.3 is 5.97 Å².